The zero-order chi connectivity index (χ0) is 19.8. The highest BCUT2D eigenvalue weighted by Gasteiger charge is 2.23. The molecule has 0 saturated carbocycles. The van der Waals surface area contributed by atoms with Crippen molar-refractivity contribution in [1.82, 2.24) is 9.78 Å². The lowest BCUT2D eigenvalue weighted by molar-refractivity contribution is 0.102. The number of rotatable bonds is 3. The van der Waals surface area contributed by atoms with Crippen molar-refractivity contribution >= 4 is 34.9 Å². The summed E-state index contributed by atoms with van der Waals surface area (Å²) in [5, 5.41) is 7.68. The minimum Gasteiger partial charge on any atom is -0.306 e. The monoisotopic (exact) mass is 405 g/mol. The number of nitrogens with one attached hydrogen (secondary N) is 1. The van der Waals surface area contributed by atoms with Crippen molar-refractivity contribution < 1.29 is 9.18 Å². The number of carbonyl (C=O) groups excluding carboxylic acids is 1. The Labute approximate surface area is 166 Å². The predicted octanol–water partition coefficient (Wildman–Crippen LogP) is 5.87. The lowest BCUT2D eigenvalue weighted by atomic mass is 9.92. The maximum atomic E-state index is 14.2. The molecule has 1 amide bonds. The number of para-hydroxylation sites is 1. The van der Waals surface area contributed by atoms with Crippen LogP contribution in [0.3, 0.4) is 0 Å². The van der Waals surface area contributed by atoms with E-state index in [0.29, 0.717) is 16.5 Å². The zero-order valence-electron chi connectivity index (χ0n) is 15.1. The Morgan fingerprint density at radius 2 is 1.74 bits per heavy atom. The number of hydrogen-bond acceptors (Lipinski definition) is 2. The van der Waals surface area contributed by atoms with Crippen LogP contribution in [0.4, 0.5) is 10.2 Å². The Balaban J connectivity index is 2.06. The topological polar surface area (TPSA) is 46.9 Å². The second-order valence-corrected chi connectivity index (χ2v) is 7.90. The van der Waals surface area contributed by atoms with Crippen LogP contribution in [0.25, 0.3) is 5.69 Å². The van der Waals surface area contributed by atoms with Gasteiger partial charge < -0.3 is 5.32 Å². The van der Waals surface area contributed by atoms with Gasteiger partial charge in [-0.2, -0.15) is 5.10 Å². The van der Waals surface area contributed by atoms with Gasteiger partial charge in [-0.15, -0.1) is 0 Å². The van der Waals surface area contributed by atoms with Crippen LogP contribution in [-0.4, -0.2) is 15.7 Å². The van der Waals surface area contributed by atoms with E-state index in [0.717, 1.165) is 5.69 Å². The number of carbonyl (C=O) groups is 1. The molecule has 140 valence electrons. The standard InChI is InChI=1S/C20H18Cl2FN3O/c1-20(2,3)16-11-17(26(25-16)15-10-5-4-8-13(15)21)24-19(27)12-7-6-9-14(22)18(12)23/h4-11H,1-3H3,(H,24,27). The van der Waals surface area contributed by atoms with Gasteiger partial charge in [0.25, 0.3) is 5.91 Å². The summed E-state index contributed by atoms with van der Waals surface area (Å²) in [7, 11) is 0. The third-order valence-corrected chi connectivity index (χ3v) is 4.61. The molecule has 7 heteroatoms. The van der Waals surface area contributed by atoms with Crippen LogP contribution in [0.5, 0.6) is 0 Å². The van der Waals surface area contributed by atoms with Crippen LogP contribution >= 0.6 is 23.2 Å². The first-order valence-electron chi connectivity index (χ1n) is 8.29. The summed E-state index contributed by atoms with van der Waals surface area (Å²) in [6, 6.07) is 13.2. The molecule has 0 fully saturated rings. The van der Waals surface area contributed by atoms with Crippen molar-refractivity contribution in [1.29, 1.82) is 0 Å². The molecule has 2 aromatic carbocycles. The van der Waals surface area contributed by atoms with E-state index in [-0.39, 0.29) is 16.0 Å². The Hall–Kier alpha value is -2.37. The van der Waals surface area contributed by atoms with E-state index in [1.54, 1.807) is 28.9 Å². The summed E-state index contributed by atoms with van der Waals surface area (Å²) in [4.78, 5) is 12.6. The number of aromatic nitrogens is 2. The molecule has 0 saturated heterocycles. The van der Waals surface area contributed by atoms with Crippen molar-refractivity contribution in [3.8, 4) is 5.69 Å². The summed E-state index contributed by atoms with van der Waals surface area (Å²) in [5.41, 5.74) is 0.959. The fourth-order valence-corrected chi connectivity index (χ4v) is 2.90. The lowest BCUT2D eigenvalue weighted by Gasteiger charge is -2.14. The van der Waals surface area contributed by atoms with E-state index in [9.17, 15) is 9.18 Å². The zero-order valence-corrected chi connectivity index (χ0v) is 16.6. The van der Waals surface area contributed by atoms with Crippen LogP contribution in [0.1, 0.15) is 36.8 Å². The van der Waals surface area contributed by atoms with E-state index in [1.807, 2.05) is 26.8 Å². The highest BCUT2D eigenvalue weighted by molar-refractivity contribution is 6.32. The molecule has 0 spiro atoms. The SMILES string of the molecule is CC(C)(C)c1cc(NC(=O)c2cccc(Cl)c2F)n(-c2ccccc2Cl)n1. The minimum absolute atomic E-state index is 0.113. The van der Waals surface area contributed by atoms with Crippen LogP contribution in [0.15, 0.2) is 48.5 Å². The molecule has 0 aliphatic carbocycles. The molecule has 4 nitrogen and oxygen atoms in total. The second-order valence-electron chi connectivity index (χ2n) is 7.08. The van der Waals surface area contributed by atoms with Crippen LogP contribution in [0.2, 0.25) is 10.0 Å². The van der Waals surface area contributed by atoms with Gasteiger partial charge in [-0.05, 0) is 24.3 Å². The van der Waals surface area contributed by atoms with Crippen molar-refractivity contribution in [2.24, 2.45) is 0 Å². The molecule has 0 aliphatic rings. The Morgan fingerprint density at radius 1 is 1.07 bits per heavy atom. The molecule has 27 heavy (non-hydrogen) atoms. The molecule has 1 aromatic heterocycles. The number of nitrogens with zero attached hydrogens (tertiary/aromatic N) is 2. The second kappa shape index (κ2) is 7.33. The largest absolute Gasteiger partial charge is 0.306 e. The number of anilines is 1. The summed E-state index contributed by atoms with van der Waals surface area (Å²) in [5.74, 6) is -1.00. The minimum atomic E-state index is -0.767. The molecular formula is C20H18Cl2FN3O. The van der Waals surface area contributed by atoms with Crippen molar-refractivity contribution in [3.63, 3.8) is 0 Å². The van der Waals surface area contributed by atoms with E-state index in [1.165, 1.54) is 18.2 Å². The van der Waals surface area contributed by atoms with Gasteiger partial charge in [0.1, 0.15) is 5.82 Å². The molecule has 1 heterocycles. The molecule has 0 atom stereocenters. The van der Waals surface area contributed by atoms with Gasteiger partial charge in [-0.1, -0.05) is 62.2 Å². The summed E-state index contributed by atoms with van der Waals surface area (Å²) in [6.45, 7) is 6.03. The molecular weight excluding hydrogens is 388 g/mol. The third kappa shape index (κ3) is 3.99. The predicted molar refractivity (Wildman–Crippen MR) is 107 cm³/mol. The molecule has 0 aliphatic heterocycles. The van der Waals surface area contributed by atoms with Crippen LogP contribution in [-0.2, 0) is 5.41 Å². The van der Waals surface area contributed by atoms with E-state index in [4.69, 9.17) is 23.2 Å². The first kappa shape index (κ1) is 19.4. The molecule has 3 aromatic rings. The quantitative estimate of drug-likeness (QED) is 0.592. The Bertz CT molecular complexity index is 1010. The van der Waals surface area contributed by atoms with Crippen molar-refractivity contribution in [3.05, 3.63) is 75.7 Å². The molecule has 3 rings (SSSR count). The highest BCUT2D eigenvalue weighted by Crippen LogP contribution is 2.29. The van der Waals surface area contributed by atoms with E-state index < -0.39 is 11.7 Å². The molecule has 1 N–H and O–H groups in total. The smallest absolute Gasteiger partial charge is 0.259 e. The van der Waals surface area contributed by atoms with Crippen LogP contribution < -0.4 is 5.32 Å². The van der Waals surface area contributed by atoms with E-state index >= 15 is 0 Å². The number of benzene rings is 2. The van der Waals surface area contributed by atoms with Gasteiger partial charge in [-0.3, -0.25) is 4.79 Å². The lowest BCUT2D eigenvalue weighted by Crippen LogP contribution is -2.16. The fraction of sp³-hybridized carbons (Fsp3) is 0.200. The third-order valence-electron chi connectivity index (χ3n) is 4.00. The normalized spacial score (nSPS) is 11.5. The Kier molecular flexibility index (Phi) is 5.27. The summed E-state index contributed by atoms with van der Waals surface area (Å²) >= 11 is 12.1. The average Bonchev–Trinajstić information content (AvgIpc) is 3.01. The van der Waals surface area contributed by atoms with Gasteiger partial charge in [0.05, 0.1) is 27.0 Å². The summed E-state index contributed by atoms with van der Waals surface area (Å²) < 4.78 is 15.7. The Morgan fingerprint density at radius 3 is 2.41 bits per heavy atom. The number of halogens is 3. The first-order chi connectivity index (χ1) is 12.7. The van der Waals surface area contributed by atoms with Crippen LogP contribution in [0, 0.1) is 5.82 Å². The van der Waals surface area contributed by atoms with Gasteiger partial charge in [-0.25, -0.2) is 9.07 Å². The van der Waals surface area contributed by atoms with Crippen molar-refractivity contribution in [2.75, 3.05) is 5.32 Å². The number of amides is 1. The fourth-order valence-electron chi connectivity index (χ4n) is 2.51. The molecule has 0 radical (unpaired) electrons. The molecule has 0 bridgehead atoms. The molecule has 0 unspecified atom stereocenters. The average molecular weight is 406 g/mol. The highest BCUT2D eigenvalue weighted by atomic mass is 35.5. The number of hydrogen-bond donors (Lipinski definition) is 1. The summed E-state index contributed by atoms with van der Waals surface area (Å²) in [6.07, 6.45) is 0. The first-order valence-corrected chi connectivity index (χ1v) is 9.05. The van der Waals surface area contributed by atoms with Gasteiger partial charge >= 0.3 is 0 Å². The van der Waals surface area contributed by atoms with Crippen molar-refractivity contribution in [2.45, 2.75) is 26.2 Å². The van der Waals surface area contributed by atoms with E-state index in [2.05, 4.69) is 10.4 Å². The van der Waals surface area contributed by atoms with Gasteiger partial charge in [0.15, 0.2) is 5.82 Å². The van der Waals surface area contributed by atoms with Gasteiger partial charge in [0, 0.05) is 11.5 Å². The maximum absolute atomic E-state index is 14.2. The maximum Gasteiger partial charge on any atom is 0.259 e. The van der Waals surface area contributed by atoms with Gasteiger partial charge in [0.2, 0.25) is 0 Å².